The van der Waals surface area contributed by atoms with E-state index in [1.807, 2.05) is 4.90 Å². The second kappa shape index (κ2) is 7.21. The number of hydrogen-bond donors (Lipinski definition) is 3. The van der Waals surface area contributed by atoms with Gasteiger partial charge in [0.1, 0.15) is 6.04 Å². The predicted molar refractivity (Wildman–Crippen MR) is 66.8 cm³/mol. The summed E-state index contributed by atoms with van der Waals surface area (Å²) in [6.45, 7) is 4.33. The van der Waals surface area contributed by atoms with Crippen LogP contribution in [-0.2, 0) is 13.9 Å². The van der Waals surface area contributed by atoms with Crippen molar-refractivity contribution in [2.75, 3.05) is 38.9 Å². The van der Waals surface area contributed by atoms with Crippen LogP contribution in [0.3, 0.4) is 0 Å². The zero-order valence-corrected chi connectivity index (χ0v) is 11.4. The Bertz CT molecular complexity index is 325. The summed E-state index contributed by atoms with van der Waals surface area (Å²) in [7, 11) is -3.45. The number of piperazine rings is 1. The molecule has 0 spiro atoms. The minimum Gasteiger partial charge on any atom is -0.480 e. The molecule has 1 saturated heterocycles. The van der Waals surface area contributed by atoms with Crippen LogP contribution in [-0.4, -0.2) is 65.9 Å². The van der Waals surface area contributed by atoms with Crippen LogP contribution in [0.2, 0.25) is 0 Å². The first-order chi connectivity index (χ1) is 8.44. The van der Waals surface area contributed by atoms with E-state index in [9.17, 15) is 14.3 Å². The minimum atomic E-state index is -3.45. The van der Waals surface area contributed by atoms with Gasteiger partial charge in [0, 0.05) is 19.6 Å². The molecule has 7 nitrogen and oxygen atoms in total. The summed E-state index contributed by atoms with van der Waals surface area (Å²) < 4.78 is 16.2. The molecule has 2 atom stereocenters. The molecule has 1 heterocycles. The number of rotatable bonds is 7. The van der Waals surface area contributed by atoms with E-state index in [2.05, 4.69) is 5.32 Å². The maximum absolute atomic E-state index is 11.4. The molecule has 3 N–H and O–H groups in total. The van der Waals surface area contributed by atoms with E-state index >= 15 is 0 Å². The number of carboxylic acids is 1. The van der Waals surface area contributed by atoms with Crippen LogP contribution < -0.4 is 5.32 Å². The van der Waals surface area contributed by atoms with E-state index in [1.165, 1.54) is 0 Å². The number of carboxylic acid groups (broad SMARTS) is 1. The van der Waals surface area contributed by atoms with Gasteiger partial charge in [0.15, 0.2) is 0 Å². The molecule has 1 aliphatic rings. The lowest BCUT2D eigenvalue weighted by molar-refractivity contribution is -0.140. The Morgan fingerprint density at radius 2 is 2.33 bits per heavy atom. The van der Waals surface area contributed by atoms with E-state index in [0.717, 1.165) is 6.54 Å². The third-order valence-corrected chi connectivity index (χ3v) is 4.35. The molecule has 0 aromatic heterocycles. The molecule has 0 amide bonds. The van der Waals surface area contributed by atoms with Gasteiger partial charge in [0.2, 0.25) is 0 Å². The van der Waals surface area contributed by atoms with Crippen LogP contribution in [0.15, 0.2) is 0 Å². The maximum Gasteiger partial charge on any atom is 0.328 e. The van der Waals surface area contributed by atoms with Crippen LogP contribution in [0.25, 0.3) is 0 Å². The van der Waals surface area contributed by atoms with Gasteiger partial charge in [-0.2, -0.15) is 0 Å². The summed E-state index contributed by atoms with van der Waals surface area (Å²) in [5, 5.41) is 11.8. The molecule has 2 unspecified atom stereocenters. The van der Waals surface area contributed by atoms with E-state index in [-0.39, 0.29) is 12.8 Å². The van der Waals surface area contributed by atoms with Crippen LogP contribution in [0, 0.1) is 0 Å². The van der Waals surface area contributed by atoms with Crippen molar-refractivity contribution in [2.24, 2.45) is 0 Å². The summed E-state index contributed by atoms with van der Waals surface area (Å²) in [5.74, 6) is -0.859. The molecule has 0 bridgehead atoms. The summed E-state index contributed by atoms with van der Waals surface area (Å²) in [6.07, 6.45) is 0.641. The van der Waals surface area contributed by atoms with Gasteiger partial charge < -0.3 is 19.8 Å². The fourth-order valence-electron chi connectivity index (χ4n) is 1.94. The lowest BCUT2D eigenvalue weighted by Gasteiger charge is -2.31. The summed E-state index contributed by atoms with van der Waals surface area (Å²) >= 11 is 0. The van der Waals surface area contributed by atoms with Crippen molar-refractivity contribution in [3.8, 4) is 0 Å². The van der Waals surface area contributed by atoms with Gasteiger partial charge in [-0.1, -0.05) is 0 Å². The molecule has 0 aromatic carbocycles. The highest BCUT2D eigenvalue weighted by atomic mass is 31.2. The van der Waals surface area contributed by atoms with Crippen LogP contribution >= 0.6 is 7.60 Å². The van der Waals surface area contributed by atoms with Crippen molar-refractivity contribution >= 4 is 13.6 Å². The lowest BCUT2D eigenvalue weighted by atomic mass is 10.2. The van der Waals surface area contributed by atoms with E-state index < -0.39 is 19.6 Å². The molecular weight excluding hydrogens is 259 g/mol. The number of carbonyl (C=O) groups is 1. The summed E-state index contributed by atoms with van der Waals surface area (Å²) in [4.78, 5) is 22.2. The molecule has 0 radical (unpaired) electrons. The van der Waals surface area contributed by atoms with Gasteiger partial charge in [-0.25, -0.2) is 0 Å². The highest BCUT2D eigenvalue weighted by molar-refractivity contribution is 7.52. The monoisotopic (exact) mass is 280 g/mol. The topological polar surface area (TPSA) is 99.1 Å². The molecule has 1 aliphatic heterocycles. The highest BCUT2D eigenvalue weighted by Gasteiger charge is 2.25. The second-order valence-electron chi connectivity index (χ2n) is 4.28. The Kier molecular flexibility index (Phi) is 6.25. The van der Waals surface area contributed by atoms with E-state index in [0.29, 0.717) is 26.1 Å². The minimum absolute atomic E-state index is 0.114. The van der Waals surface area contributed by atoms with Gasteiger partial charge >= 0.3 is 13.6 Å². The van der Waals surface area contributed by atoms with Crippen molar-refractivity contribution < 1.29 is 23.9 Å². The molecule has 0 aliphatic carbocycles. The Labute approximate surface area is 107 Å². The quantitative estimate of drug-likeness (QED) is 0.562. The Morgan fingerprint density at radius 1 is 1.61 bits per heavy atom. The second-order valence-corrected chi connectivity index (χ2v) is 6.26. The van der Waals surface area contributed by atoms with Gasteiger partial charge in [-0.3, -0.25) is 14.3 Å². The van der Waals surface area contributed by atoms with Crippen molar-refractivity contribution in [2.45, 2.75) is 19.4 Å². The first-order valence-electron chi connectivity index (χ1n) is 6.09. The largest absolute Gasteiger partial charge is 0.480 e. The fourth-order valence-corrected chi connectivity index (χ4v) is 3.01. The van der Waals surface area contributed by atoms with Crippen molar-refractivity contribution in [1.82, 2.24) is 10.2 Å². The van der Waals surface area contributed by atoms with Crippen LogP contribution in [0.5, 0.6) is 0 Å². The van der Waals surface area contributed by atoms with E-state index in [1.54, 1.807) is 6.92 Å². The molecule has 8 heteroatoms. The van der Waals surface area contributed by atoms with E-state index in [4.69, 9.17) is 9.63 Å². The normalized spacial score (nSPS) is 24.7. The van der Waals surface area contributed by atoms with Crippen LogP contribution in [0.1, 0.15) is 13.3 Å². The van der Waals surface area contributed by atoms with Gasteiger partial charge in [0.05, 0.1) is 12.8 Å². The smallest absolute Gasteiger partial charge is 0.328 e. The van der Waals surface area contributed by atoms with Crippen molar-refractivity contribution in [3.63, 3.8) is 0 Å². The molecular formula is C10H21N2O5P. The average Bonchev–Trinajstić information content (AvgIpc) is 2.29. The predicted octanol–water partition coefficient (Wildman–Crippen LogP) is -0.0432. The van der Waals surface area contributed by atoms with Crippen LogP contribution in [0.4, 0.5) is 0 Å². The standard InChI is InChI=1S/C10H21N2O5P/c1-2-17-18(15,16)7-3-5-12-6-4-11-9(8-12)10(13)14/h9,11H,2-8H2,1H3,(H,13,14)(H,15,16). The van der Waals surface area contributed by atoms with Crippen molar-refractivity contribution in [3.05, 3.63) is 0 Å². The summed E-state index contributed by atoms with van der Waals surface area (Å²) in [5.41, 5.74) is 0. The average molecular weight is 280 g/mol. The van der Waals surface area contributed by atoms with Gasteiger partial charge in [0.25, 0.3) is 0 Å². The third-order valence-electron chi connectivity index (χ3n) is 2.80. The zero-order chi connectivity index (χ0) is 13.6. The van der Waals surface area contributed by atoms with Gasteiger partial charge in [-0.15, -0.1) is 0 Å². The number of aliphatic carboxylic acids is 1. The fraction of sp³-hybridized carbons (Fsp3) is 0.900. The molecule has 106 valence electrons. The Balaban J connectivity index is 2.27. The highest BCUT2D eigenvalue weighted by Crippen LogP contribution is 2.42. The Hall–Kier alpha value is -0.460. The lowest BCUT2D eigenvalue weighted by Crippen LogP contribution is -2.54. The summed E-state index contributed by atoms with van der Waals surface area (Å²) in [6, 6.07) is -0.549. The number of hydrogen-bond acceptors (Lipinski definition) is 5. The SMILES string of the molecule is CCOP(=O)(O)CCCN1CCNC(C(=O)O)C1. The third kappa shape index (κ3) is 5.46. The number of nitrogens with zero attached hydrogens (tertiary/aromatic N) is 1. The zero-order valence-electron chi connectivity index (χ0n) is 10.5. The van der Waals surface area contributed by atoms with Gasteiger partial charge in [-0.05, 0) is 19.9 Å². The first kappa shape index (κ1) is 15.6. The maximum atomic E-state index is 11.4. The Morgan fingerprint density at radius 3 is 2.94 bits per heavy atom. The molecule has 0 aromatic rings. The first-order valence-corrected chi connectivity index (χ1v) is 7.86. The molecule has 18 heavy (non-hydrogen) atoms. The molecule has 0 saturated carbocycles. The number of nitrogens with one attached hydrogen (secondary N) is 1. The molecule has 1 rings (SSSR count). The molecule has 1 fully saturated rings. The van der Waals surface area contributed by atoms with Crippen molar-refractivity contribution in [1.29, 1.82) is 0 Å².